The third-order valence-electron chi connectivity index (χ3n) is 3.12. The Morgan fingerprint density at radius 3 is 2.70 bits per heavy atom. The SMILES string of the molecule is CCCCCc1c(O)cc(/C=C(\C)[N+](=O)[O-])cc1OC. The molecule has 0 radical (unpaired) electrons. The summed E-state index contributed by atoms with van der Waals surface area (Å²) in [5, 5.41) is 20.7. The number of nitro groups is 1. The zero-order chi connectivity index (χ0) is 15.1. The van der Waals surface area contributed by atoms with E-state index in [9.17, 15) is 15.2 Å². The monoisotopic (exact) mass is 279 g/mol. The second-order valence-electron chi connectivity index (χ2n) is 4.72. The fourth-order valence-corrected chi connectivity index (χ4v) is 2.01. The molecule has 0 aliphatic rings. The van der Waals surface area contributed by atoms with Gasteiger partial charge in [-0.2, -0.15) is 0 Å². The van der Waals surface area contributed by atoms with Gasteiger partial charge in [-0.3, -0.25) is 10.1 Å². The maximum Gasteiger partial charge on any atom is 0.243 e. The highest BCUT2D eigenvalue weighted by molar-refractivity contribution is 5.59. The van der Waals surface area contributed by atoms with Crippen LogP contribution >= 0.6 is 0 Å². The van der Waals surface area contributed by atoms with Gasteiger partial charge in [-0.25, -0.2) is 0 Å². The van der Waals surface area contributed by atoms with Crippen LogP contribution in [-0.4, -0.2) is 17.1 Å². The Hall–Kier alpha value is -2.04. The van der Waals surface area contributed by atoms with Crippen molar-refractivity contribution in [3.8, 4) is 11.5 Å². The smallest absolute Gasteiger partial charge is 0.243 e. The van der Waals surface area contributed by atoms with Crippen LogP contribution in [0.3, 0.4) is 0 Å². The summed E-state index contributed by atoms with van der Waals surface area (Å²) in [4.78, 5) is 10.2. The topological polar surface area (TPSA) is 72.6 Å². The molecule has 0 heterocycles. The van der Waals surface area contributed by atoms with Crippen LogP contribution < -0.4 is 4.74 Å². The molecule has 0 bridgehead atoms. The van der Waals surface area contributed by atoms with Crippen molar-refractivity contribution in [3.05, 3.63) is 39.1 Å². The van der Waals surface area contributed by atoms with E-state index >= 15 is 0 Å². The summed E-state index contributed by atoms with van der Waals surface area (Å²) in [6, 6.07) is 3.25. The van der Waals surface area contributed by atoms with E-state index in [2.05, 4.69) is 6.92 Å². The van der Waals surface area contributed by atoms with Gasteiger partial charge in [0.1, 0.15) is 11.5 Å². The van der Waals surface area contributed by atoms with Crippen LogP contribution in [0.25, 0.3) is 6.08 Å². The molecule has 0 aliphatic heterocycles. The van der Waals surface area contributed by atoms with Crippen molar-refractivity contribution >= 4 is 6.08 Å². The number of phenolic OH excluding ortho intramolecular Hbond substituents is 1. The summed E-state index contributed by atoms with van der Waals surface area (Å²) in [5.41, 5.74) is 1.34. The number of benzene rings is 1. The van der Waals surface area contributed by atoms with Crippen molar-refractivity contribution in [2.45, 2.75) is 39.5 Å². The molecule has 0 amide bonds. The van der Waals surface area contributed by atoms with Crippen LogP contribution in [0.1, 0.15) is 44.2 Å². The molecule has 5 heteroatoms. The van der Waals surface area contributed by atoms with Gasteiger partial charge in [0.25, 0.3) is 0 Å². The molecular formula is C15H21NO4. The fourth-order valence-electron chi connectivity index (χ4n) is 2.01. The van der Waals surface area contributed by atoms with Crippen LogP contribution in [0.5, 0.6) is 11.5 Å². The zero-order valence-corrected chi connectivity index (χ0v) is 12.2. The van der Waals surface area contributed by atoms with E-state index in [1.807, 2.05) is 0 Å². The molecule has 0 aromatic heterocycles. The number of hydrogen-bond acceptors (Lipinski definition) is 4. The van der Waals surface area contributed by atoms with Crippen molar-refractivity contribution in [3.63, 3.8) is 0 Å². The normalized spacial score (nSPS) is 11.4. The Bertz CT molecular complexity index is 509. The molecule has 1 aromatic carbocycles. The van der Waals surface area contributed by atoms with Crippen molar-refractivity contribution in [1.82, 2.24) is 0 Å². The number of nitrogens with zero attached hydrogens (tertiary/aromatic N) is 1. The summed E-state index contributed by atoms with van der Waals surface area (Å²) in [5.74, 6) is 0.700. The number of hydrogen-bond donors (Lipinski definition) is 1. The van der Waals surface area contributed by atoms with Gasteiger partial charge in [-0.15, -0.1) is 0 Å². The molecule has 0 saturated heterocycles. The number of rotatable bonds is 7. The van der Waals surface area contributed by atoms with E-state index < -0.39 is 4.92 Å². The Balaban J connectivity index is 3.06. The van der Waals surface area contributed by atoms with Gasteiger partial charge in [0.2, 0.25) is 5.70 Å². The Labute approximate surface area is 119 Å². The molecule has 0 unspecified atom stereocenters. The first-order chi connectivity index (χ1) is 9.49. The molecule has 0 spiro atoms. The number of unbranched alkanes of at least 4 members (excludes halogenated alkanes) is 2. The van der Waals surface area contributed by atoms with Crippen LogP contribution in [0.4, 0.5) is 0 Å². The minimum Gasteiger partial charge on any atom is -0.508 e. The van der Waals surface area contributed by atoms with Gasteiger partial charge >= 0.3 is 0 Å². The number of ether oxygens (including phenoxy) is 1. The third-order valence-corrected chi connectivity index (χ3v) is 3.12. The van der Waals surface area contributed by atoms with Crippen molar-refractivity contribution in [2.75, 3.05) is 7.11 Å². The van der Waals surface area contributed by atoms with Crippen LogP contribution in [0, 0.1) is 10.1 Å². The number of methoxy groups -OCH3 is 1. The lowest BCUT2D eigenvalue weighted by Gasteiger charge is -2.11. The molecule has 110 valence electrons. The maximum atomic E-state index is 10.6. The van der Waals surface area contributed by atoms with E-state index in [1.165, 1.54) is 26.2 Å². The summed E-state index contributed by atoms with van der Waals surface area (Å²) < 4.78 is 5.28. The van der Waals surface area contributed by atoms with Gasteiger partial charge in [0.15, 0.2) is 0 Å². The molecule has 5 nitrogen and oxygen atoms in total. The highest BCUT2D eigenvalue weighted by atomic mass is 16.6. The first-order valence-electron chi connectivity index (χ1n) is 6.72. The minimum absolute atomic E-state index is 0.0187. The molecule has 0 aliphatic carbocycles. The fraction of sp³-hybridized carbons (Fsp3) is 0.467. The standard InChI is InChI=1S/C15H21NO4/c1-4-5-6-7-13-14(17)9-12(10-15(13)20-3)8-11(2)16(18)19/h8-10,17H,4-7H2,1-3H3/b11-8+. The molecule has 1 aromatic rings. The van der Waals surface area contributed by atoms with E-state index in [1.54, 1.807) is 6.07 Å². The first kappa shape index (κ1) is 16.0. The van der Waals surface area contributed by atoms with Gasteiger partial charge in [-0.05, 0) is 30.5 Å². The lowest BCUT2D eigenvalue weighted by Crippen LogP contribution is -1.96. The number of allylic oxidation sites excluding steroid dienone is 1. The predicted octanol–water partition coefficient (Wildman–Crippen LogP) is 3.77. The molecule has 0 atom stereocenters. The predicted molar refractivity (Wildman–Crippen MR) is 78.5 cm³/mol. The summed E-state index contributed by atoms with van der Waals surface area (Å²) >= 11 is 0. The third kappa shape index (κ3) is 4.26. The van der Waals surface area contributed by atoms with Crippen molar-refractivity contribution in [1.29, 1.82) is 0 Å². The average Bonchev–Trinajstić information content (AvgIpc) is 2.40. The highest BCUT2D eigenvalue weighted by Gasteiger charge is 2.12. The lowest BCUT2D eigenvalue weighted by atomic mass is 10.0. The first-order valence-corrected chi connectivity index (χ1v) is 6.72. The summed E-state index contributed by atoms with van der Waals surface area (Å²) in [7, 11) is 1.53. The van der Waals surface area contributed by atoms with Gasteiger partial charge in [0, 0.05) is 18.6 Å². The zero-order valence-electron chi connectivity index (χ0n) is 12.2. The van der Waals surface area contributed by atoms with Crippen LogP contribution in [0.2, 0.25) is 0 Å². The summed E-state index contributed by atoms with van der Waals surface area (Å²) in [6.07, 6.45) is 5.32. The second-order valence-corrected chi connectivity index (χ2v) is 4.72. The van der Waals surface area contributed by atoms with Gasteiger partial charge in [0.05, 0.1) is 12.0 Å². The van der Waals surface area contributed by atoms with E-state index in [0.717, 1.165) is 31.2 Å². The minimum atomic E-state index is -0.460. The van der Waals surface area contributed by atoms with E-state index in [0.29, 0.717) is 11.3 Å². The molecule has 1 N–H and O–H groups in total. The molecule has 0 fully saturated rings. The lowest BCUT2D eigenvalue weighted by molar-refractivity contribution is -0.422. The van der Waals surface area contributed by atoms with Crippen LogP contribution in [-0.2, 0) is 6.42 Å². The summed E-state index contributed by atoms with van der Waals surface area (Å²) in [6.45, 7) is 3.53. The maximum absolute atomic E-state index is 10.6. The Morgan fingerprint density at radius 2 is 2.15 bits per heavy atom. The molecule has 0 saturated carbocycles. The van der Waals surface area contributed by atoms with Crippen molar-refractivity contribution in [2.24, 2.45) is 0 Å². The van der Waals surface area contributed by atoms with E-state index in [-0.39, 0.29) is 11.4 Å². The van der Waals surface area contributed by atoms with E-state index in [4.69, 9.17) is 4.74 Å². The van der Waals surface area contributed by atoms with Gasteiger partial charge < -0.3 is 9.84 Å². The average molecular weight is 279 g/mol. The van der Waals surface area contributed by atoms with Gasteiger partial charge in [-0.1, -0.05) is 19.8 Å². The molecular weight excluding hydrogens is 258 g/mol. The number of aromatic hydroxyl groups is 1. The van der Waals surface area contributed by atoms with Crippen molar-refractivity contribution < 1.29 is 14.8 Å². The quantitative estimate of drug-likeness (QED) is 0.468. The highest BCUT2D eigenvalue weighted by Crippen LogP contribution is 2.32. The Morgan fingerprint density at radius 1 is 1.45 bits per heavy atom. The second kappa shape index (κ2) is 7.53. The Kier molecular flexibility index (Phi) is 6.03. The molecule has 20 heavy (non-hydrogen) atoms. The number of phenols is 1. The largest absolute Gasteiger partial charge is 0.508 e. The van der Waals surface area contributed by atoms with Crippen LogP contribution in [0.15, 0.2) is 17.8 Å². The molecule has 1 rings (SSSR count).